The maximum atomic E-state index is 13.0. The van der Waals surface area contributed by atoms with Gasteiger partial charge in [0.15, 0.2) is 5.82 Å². The van der Waals surface area contributed by atoms with Gasteiger partial charge in [-0.2, -0.15) is 8.99 Å². The van der Waals surface area contributed by atoms with Crippen LogP contribution in [0.5, 0.6) is 5.75 Å². The second-order valence-electron chi connectivity index (χ2n) is 7.86. The fourth-order valence-electron chi connectivity index (χ4n) is 3.71. The lowest BCUT2D eigenvalue weighted by Gasteiger charge is -2.33. The van der Waals surface area contributed by atoms with Crippen molar-refractivity contribution in [1.29, 1.82) is 0 Å². The molecular formula is C22H28N6O3S. The van der Waals surface area contributed by atoms with Gasteiger partial charge >= 0.3 is 0 Å². The Morgan fingerprint density at radius 2 is 1.69 bits per heavy atom. The third-order valence-electron chi connectivity index (χ3n) is 5.74. The zero-order chi connectivity index (χ0) is 22.7. The third-order valence-corrected chi connectivity index (χ3v) is 7.63. The highest BCUT2D eigenvalue weighted by Crippen LogP contribution is 2.21. The van der Waals surface area contributed by atoms with Crippen LogP contribution in [0.25, 0.3) is 5.69 Å². The van der Waals surface area contributed by atoms with Crippen molar-refractivity contribution in [3.63, 3.8) is 0 Å². The fraction of sp³-hybridized carbons (Fsp3) is 0.409. The van der Waals surface area contributed by atoms with Crippen LogP contribution in [0, 0.1) is 13.8 Å². The highest BCUT2D eigenvalue weighted by Gasteiger charge is 2.29. The molecule has 2 aromatic carbocycles. The van der Waals surface area contributed by atoms with Crippen LogP contribution in [0.15, 0.2) is 47.4 Å². The molecule has 0 atom stereocenters. The molecule has 0 aliphatic carbocycles. The number of hydrogen-bond donors (Lipinski definition) is 0. The Morgan fingerprint density at radius 1 is 0.969 bits per heavy atom. The Labute approximate surface area is 188 Å². The summed E-state index contributed by atoms with van der Waals surface area (Å²) >= 11 is 0. The molecule has 9 nitrogen and oxygen atoms in total. The van der Waals surface area contributed by atoms with E-state index in [1.165, 1.54) is 0 Å². The Kier molecular flexibility index (Phi) is 6.54. The summed E-state index contributed by atoms with van der Waals surface area (Å²) in [5.74, 6) is 1.51. The molecule has 4 rings (SSSR count). The van der Waals surface area contributed by atoms with Crippen molar-refractivity contribution in [1.82, 2.24) is 29.4 Å². The van der Waals surface area contributed by atoms with Crippen molar-refractivity contribution >= 4 is 10.0 Å². The molecule has 1 aromatic heterocycles. The SMILES string of the molecule is CCOc1ccc(-n2nnnc2CN2CCN(S(=O)(=O)c3ccc(C)c(C)c3)CC2)cc1. The minimum Gasteiger partial charge on any atom is -0.494 e. The lowest BCUT2D eigenvalue weighted by Crippen LogP contribution is -2.48. The van der Waals surface area contributed by atoms with Crippen LogP contribution >= 0.6 is 0 Å². The minimum atomic E-state index is -3.50. The summed E-state index contributed by atoms with van der Waals surface area (Å²) in [4.78, 5) is 2.52. The summed E-state index contributed by atoms with van der Waals surface area (Å²) in [6, 6.07) is 12.9. The van der Waals surface area contributed by atoms with Gasteiger partial charge in [0.2, 0.25) is 10.0 Å². The third kappa shape index (κ3) is 4.67. The summed E-state index contributed by atoms with van der Waals surface area (Å²) in [5, 5.41) is 12.1. The summed E-state index contributed by atoms with van der Waals surface area (Å²) in [6.45, 7) is 9.09. The first-order valence-electron chi connectivity index (χ1n) is 10.7. The molecule has 0 N–H and O–H groups in total. The van der Waals surface area contributed by atoms with Gasteiger partial charge in [-0.15, -0.1) is 5.10 Å². The van der Waals surface area contributed by atoms with Crippen LogP contribution < -0.4 is 4.74 Å². The standard InChI is InChI=1S/C22H28N6O3S/c1-4-31-20-8-6-19(7-9-20)28-22(23-24-25-28)16-26-11-13-27(14-12-26)32(29,30)21-10-5-17(2)18(3)15-21/h5-10,15H,4,11-14,16H2,1-3H3. The Balaban J connectivity index is 1.41. The highest BCUT2D eigenvalue weighted by atomic mass is 32.2. The van der Waals surface area contributed by atoms with Crippen molar-refractivity contribution in [2.45, 2.75) is 32.2 Å². The second kappa shape index (κ2) is 9.35. The van der Waals surface area contributed by atoms with E-state index >= 15 is 0 Å². The number of sulfonamides is 1. The van der Waals surface area contributed by atoms with Gasteiger partial charge in [0.05, 0.1) is 23.7 Å². The van der Waals surface area contributed by atoms with Crippen LogP contribution in [-0.2, 0) is 16.6 Å². The number of tetrazole rings is 1. The number of piperazine rings is 1. The molecule has 10 heteroatoms. The molecule has 0 unspecified atom stereocenters. The van der Waals surface area contributed by atoms with E-state index in [4.69, 9.17) is 4.74 Å². The summed E-state index contributed by atoms with van der Waals surface area (Å²) in [5.41, 5.74) is 2.91. The number of aromatic nitrogens is 4. The van der Waals surface area contributed by atoms with Gasteiger partial charge in [0.1, 0.15) is 5.75 Å². The van der Waals surface area contributed by atoms with E-state index in [0.717, 1.165) is 22.6 Å². The van der Waals surface area contributed by atoms with E-state index in [1.54, 1.807) is 21.1 Å². The molecule has 2 heterocycles. The molecule has 3 aromatic rings. The smallest absolute Gasteiger partial charge is 0.243 e. The van der Waals surface area contributed by atoms with E-state index in [0.29, 0.717) is 50.1 Å². The normalized spacial score (nSPS) is 15.7. The van der Waals surface area contributed by atoms with Gasteiger partial charge in [-0.25, -0.2) is 8.42 Å². The van der Waals surface area contributed by atoms with E-state index in [9.17, 15) is 8.42 Å². The molecule has 1 fully saturated rings. The van der Waals surface area contributed by atoms with Gasteiger partial charge in [-0.05, 0) is 78.7 Å². The molecule has 0 amide bonds. The van der Waals surface area contributed by atoms with Gasteiger partial charge < -0.3 is 4.74 Å². The van der Waals surface area contributed by atoms with Crippen molar-refractivity contribution < 1.29 is 13.2 Å². The number of nitrogens with zero attached hydrogens (tertiary/aromatic N) is 6. The number of benzene rings is 2. The lowest BCUT2D eigenvalue weighted by atomic mass is 10.1. The molecule has 32 heavy (non-hydrogen) atoms. The van der Waals surface area contributed by atoms with Crippen molar-refractivity contribution in [3.05, 3.63) is 59.4 Å². The van der Waals surface area contributed by atoms with E-state index in [2.05, 4.69) is 20.4 Å². The second-order valence-corrected chi connectivity index (χ2v) is 9.80. The summed E-state index contributed by atoms with van der Waals surface area (Å²) < 4.78 is 34.8. The molecule has 1 aliphatic rings. The molecular weight excluding hydrogens is 428 g/mol. The Bertz CT molecular complexity index is 1170. The van der Waals surface area contributed by atoms with E-state index < -0.39 is 10.0 Å². The average Bonchev–Trinajstić information content (AvgIpc) is 3.25. The highest BCUT2D eigenvalue weighted by molar-refractivity contribution is 7.89. The van der Waals surface area contributed by atoms with Gasteiger partial charge in [0, 0.05) is 26.2 Å². The van der Waals surface area contributed by atoms with Crippen LogP contribution in [0.3, 0.4) is 0 Å². The van der Waals surface area contributed by atoms with Crippen LogP contribution in [0.4, 0.5) is 0 Å². The van der Waals surface area contributed by atoms with Gasteiger partial charge in [0.25, 0.3) is 0 Å². The summed E-state index contributed by atoms with van der Waals surface area (Å²) in [7, 11) is -3.50. The van der Waals surface area contributed by atoms with Crippen LogP contribution in [0.1, 0.15) is 23.9 Å². The molecule has 0 bridgehead atoms. The maximum absolute atomic E-state index is 13.0. The first kappa shape index (κ1) is 22.4. The van der Waals surface area contributed by atoms with Crippen LogP contribution in [-0.4, -0.2) is 70.6 Å². The van der Waals surface area contributed by atoms with E-state index in [1.807, 2.05) is 51.1 Å². The quantitative estimate of drug-likeness (QED) is 0.538. The largest absolute Gasteiger partial charge is 0.494 e. The number of hydrogen-bond acceptors (Lipinski definition) is 7. The molecule has 170 valence electrons. The van der Waals surface area contributed by atoms with E-state index in [-0.39, 0.29) is 0 Å². The topological polar surface area (TPSA) is 93.4 Å². The first-order chi connectivity index (χ1) is 15.4. The van der Waals surface area contributed by atoms with Crippen molar-refractivity contribution in [2.24, 2.45) is 0 Å². The minimum absolute atomic E-state index is 0.355. The predicted octanol–water partition coefficient (Wildman–Crippen LogP) is 2.18. The maximum Gasteiger partial charge on any atom is 0.243 e. The lowest BCUT2D eigenvalue weighted by molar-refractivity contribution is 0.177. The predicted molar refractivity (Wildman–Crippen MR) is 120 cm³/mol. The number of rotatable bonds is 7. The molecule has 1 saturated heterocycles. The number of aryl methyl sites for hydroxylation is 2. The number of ether oxygens (including phenoxy) is 1. The Morgan fingerprint density at radius 3 is 2.34 bits per heavy atom. The molecule has 1 aliphatic heterocycles. The van der Waals surface area contributed by atoms with Crippen molar-refractivity contribution in [3.8, 4) is 11.4 Å². The van der Waals surface area contributed by atoms with Gasteiger partial charge in [-0.3, -0.25) is 4.90 Å². The zero-order valence-corrected chi connectivity index (χ0v) is 19.4. The molecule has 0 radical (unpaired) electrons. The monoisotopic (exact) mass is 456 g/mol. The van der Waals surface area contributed by atoms with Crippen molar-refractivity contribution in [2.75, 3.05) is 32.8 Å². The zero-order valence-electron chi connectivity index (χ0n) is 18.6. The Hall–Kier alpha value is -2.82. The van der Waals surface area contributed by atoms with Crippen LogP contribution in [0.2, 0.25) is 0 Å². The fourth-order valence-corrected chi connectivity index (χ4v) is 5.21. The average molecular weight is 457 g/mol. The molecule has 0 spiro atoms. The first-order valence-corrected chi connectivity index (χ1v) is 12.1. The molecule has 0 saturated carbocycles. The summed E-state index contributed by atoms with van der Waals surface area (Å²) in [6.07, 6.45) is 0. The van der Waals surface area contributed by atoms with Gasteiger partial charge in [-0.1, -0.05) is 6.07 Å².